The van der Waals surface area contributed by atoms with Crippen LogP contribution in [0.4, 0.5) is 0 Å². The predicted octanol–water partition coefficient (Wildman–Crippen LogP) is 4.52. The van der Waals surface area contributed by atoms with Gasteiger partial charge in [0.2, 0.25) is 0 Å². The van der Waals surface area contributed by atoms with Crippen molar-refractivity contribution in [2.75, 3.05) is 6.54 Å². The summed E-state index contributed by atoms with van der Waals surface area (Å²) in [5.74, 6) is 1.02. The Bertz CT molecular complexity index is 314. The molecule has 0 bridgehead atoms. The summed E-state index contributed by atoms with van der Waals surface area (Å²) < 4.78 is 6.45. The lowest BCUT2D eigenvalue weighted by molar-refractivity contribution is 0.281. The lowest BCUT2D eigenvalue weighted by Gasteiger charge is -2.25. The van der Waals surface area contributed by atoms with Crippen molar-refractivity contribution in [1.29, 1.82) is 0 Å². The van der Waals surface area contributed by atoms with Crippen LogP contribution in [-0.2, 0) is 0 Å². The van der Waals surface area contributed by atoms with Gasteiger partial charge in [0, 0.05) is 0 Å². The Morgan fingerprint density at radius 3 is 2.50 bits per heavy atom. The summed E-state index contributed by atoms with van der Waals surface area (Å²) in [5.41, 5.74) is 0.296. The molecule has 2 nitrogen and oxygen atoms in total. The van der Waals surface area contributed by atoms with Crippen LogP contribution in [-0.4, -0.2) is 6.54 Å². The van der Waals surface area contributed by atoms with Gasteiger partial charge in [-0.2, -0.15) is 0 Å². The molecule has 0 saturated heterocycles. The minimum atomic E-state index is 0.296. The molecule has 0 radical (unpaired) electrons. The SMILES string of the molecule is CCCNC(CC(C)(C)C)c1ccc(Br)o1. The Hall–Kier alpha value is -0.280. The highest BCUT2D eigenvalue weighted by molar-refractivity contribution is 9.10. The van der Waals surface area contributed by atoms with Gasteiger partial charge in [0.15, 0.2) is 4.67 Å². The van der Waals surface area contributed by atoms with E-state index in [-0.39, 0.29) is 0 Å². The molecule has 0 aromatic carbocycles. The second-order valence-electron chi connectivity index (χ2n) is 5.41. The molecule has 0 spiro atoms. The number of furan rings is 1. The summed E-state index contributed by atoms with van der Waals surface area (Å²) in [5, 5.41) is 3.54. The second kappa shape index (κ2) is 5.87. The third-order valence-corrected chi connectivity index (χ3v) is 2.82. The van der Waals surface area contributed by atoms with Crippen molar-refractivity contribution in [3.05, 3.63) is 22.6 Å². The predicted molar refractivity (Wildman–Crippen MR) is 71.5 cm³/mol. The Morgan fingerprint density at radius 1 is 1.38 bits per heavy atom. The fourth-order valence-electron chi connectivity index (χ4n) is 1.72. The Morgan fingerprint density at radius 2 is 2.06 bits per heavy atom. The zero-order chi connectivity index (χ0) is 12.2. The molecule has 0 aliphatic heterocycles. The van der Waals surface area contributed by atoms with Gasteiger partial charge in [-0.15, -0.1) is 0 Å². The van der Waals surface area contributed by atoms with E-state index in [1.165, 1.54) is 0 Å². The minimum Gasteiger partial charge on any atom is -0.453 e. The van der Waals surface area contributed by atoms with E-state index in [0.717, 1.165) is 29.8 Å². The van der Waals surface area contributed by atoms with Crippen molar-refractivity contribution < 1.29 is 4.42 Å². The summed E-state index contributed by atoms with van der Waals surface area (Å²) in [4.78, 5) is 0. The number of halogens is 1. The molecular formula is C13H22BrNO. The molecule has 0 amide bonds. The first-order valence-corrected chi connectivity index (χ1v) is 6.70. The molecule has 1 aromatic heterocycles. The van der Waals surface area contributed by atoms with Crippen LogP contribution in [0.2, 0.25) is 0 Å². The van der Waals surface area contributed by atoms with Crippen LogP contribution in [0.5, 0.6) is 0 Å². The van der Waals surface area contributed by atoms with E-state index in [9.17, 15) is 0 Å². The van der Waals surface area contributed by atoms with E-state index < -0.39 is 0 Å². The molecule has 1 heterocycles. The van der Waals surface area contributed by atoms with E-state index >= 15 is 0 Å². The highest BCUT2D eigenvalue weighted by Gasteiger charge is 2.22. The highest BCUT2D eigenvalue weighted by Crippen LogP contribution is 2.31. The monoisotopic (exact) mass is 287 g/mol. The fraction of sp³-hybridized carbons (Fsp3) is 0.692. The summed E-state index contributed by atoms with van der Waals surface area (Å²) in [6.07, 6.45) is 2.22. The molecule has 0 saturated carbocycles. The molecular weight excluding hydrogens is 266 g/mol. The fourth-order valence-corrected chi connectivity index (χ4v) is 2.04. The molecule has 0 fully saturated rings. The first-order valence-electron chi connectivity index (χ1n) is 5.91. The third kappa shape index (κ3) is 4.71. The van der Waals surface area contributed by atoms with Crippen LogP contribution in [0.3, 0.4) is 0 Å². The number of hydrogen-bond acceptors (Lipinski definition) is 2. The van der Waals surface area contributed by atoms with Gasteiger partial charge in [0.05, 0.1) is 6.04 Å². The van der Waals surface area contributed by atoms with Crippen molar-refractivity contribution in [2.45, 2.75) is 46.6 Å². The van der Waals surface area contributed by atoms with Crippen molar-refractivity contribution in [1.82, 2.24) is 5.32 Å². The number of rotatable bonds is 5. The zero-order valence-corrected chi connectivity index (χ0v) is 12.2. The zero-order valence-electron chi connectivity index (χ0n) is 10.6. The van der Waals surface area contributed by atoms with Crippen molar-refractivity contribution in [3.63, 3.8) is 0 Å². The van der Waals surface area contributed by atoms with Crippen molar-refractivity contribution >= 4 is 15.9 Å². The largest absolute Gasteiger partial charge is 0.453 e. The summed E-state index contributed by atoms with van der Waals surface area (Å²) in [6, 6.07) is 4.31. The Labute approximate surface area is 107 Å². The van der Waals surface area contributed by atoms with Crippen LogP contribution >= 0.6 is 15.9 Å². The standard InChI is InChI=1S/C13H22BrNO/c1-5-8-15-10(9-13(2,3)4)11-6-7-12(14)16-11/h6-7,10,15H,5,8-9H2,1-4H3. The van der Waals surface area contributed by atoms with Crippen LogP contribution in [0.25, 0.3) is 0 Å². The topological polar surface area (TPSA) is 25.2 Å². The lowest BCUT2D eigenvalue weighted by atomic mass is 9.87. The van der Waals surface area contributed by atoms with Gasteiger partial charge in [0.25, 0.3) is 0 Å². The quantitative estimate of drug-likeness (QED) is 0.861. The van der Waals surface area contributed by atoms with E-state index in [1.54, 1.807) is 0 Å². The van der Waals surface area contributed by atoms with E-state index in [2.05, 4.69) is 48.9 Å². The van der Waals surface area contributed by atoms with E-state index in [4.69, 9.17) is 4.42 Å². The van der Waals surface area contributed by atoms with Crippen LogP contribution in [0, 0.1) is 5.41 Å². The van der Waals surface area contributed by atoms with Crippen molar-refractivity contribution in [3.8, 4) is 0 Å². The first kappa shape index (κ1) is 13.8. The average Bonchev–Trinajstić information content (AvgIpc) is 2.57. The first-order chi connectivity index (χ1) is 7.42. The molecule has 0 aliphatic rings. The van der Waals surface area contributed by atoms with E-state index in [1.807, 2.05) is 12.1 Å². The maximum Gasteiger partial charge on any atom is 0.169 e. The van der Waals surface area contributed by atoms with Gasteiger partial charge in [-0.05, 0) is 52.9 Å². The molecule has 16 heavy (non-hydrogen) atoms. The van der Waals surface area contributed by atoms with Crippen molar-refractivity contribution in [2.24, 2.45) is 5.41 Å². The molecule has 1 atom stereocenters. The normalized spacial score (nSPS) is 14.1. The Balaban J connectivity index is 2.71. The molecule has 1 unspecified atom stereocenters. The third-order valence-electron chi connectivity index (χ3n) is 2.39. The highest BCUT2D eigenvalue weighted by atomic mass is 79.9. The molecule has 3 heteroatoms. The summed E-state index contributed by atoms with van der Waals surface area (Å²) in [7, 11) is 0. The average molecular weight is 288 g/mol. The maximum absolute atomic E-state index is 5.64. The van der Waals surface area contributed by atoms with E-state index in [0.29, 0.717) is 11.5 Å². The lowest BCUT2D eigenvalue weighted by Crippen LogP contribution is -2.26. The molecule has 92 valence electrons. The summed E-state index contributed by atoms with van der Waals surface area (Å²) in [6.45, 7) is 9.97. The van der Waals surface area contributed by atoms with Gasteiger partial charge >= 0.3 is 0 Å². The molecule has 0 aliphatic carbocycles. The maximum atomic E-state index is 5.64. The smallest absolute Gasteiger partial charge is 0.169 e. The molecule has 1 rings (SSSR count). The second-order valence-corrected chi connectivity index (χ2v) is 6.19. The molecule has 1 aromatic rings. The van der Waals surface area contributed by atoms with Gasteiger partial charge in [0.1, 0.15) is 5.76 Å². The number of nitrogens with one attached hydrogen (secondary N) is 1. The Kier molecular flexibility index (Phi) is 5.06. The van der Waals surface area contributed by atoms with Crippen LogP contribution in [0.1, 0.15) is 52.3 Å². The number of hydrogen-bond donors (Lipinski definition) is 1. The van der Waals surface area contributed by atoms with Gasteiger partial charge < -0.3 is 9.73 Å². The van der Waals surface area contributed by atoms with Gasteiger partial charge in [-0.3, -0.25) is 0 Å². The minimum absolute atomic E-state index is 0.296. The van der Waals surface area contributed by atoms with Crippen LogP contribution in [0.15, 0.2) is 21.2 Å². The van der Waals surface area contributed by atoms with Crippen LogP contribution < -0.4 is 5.32 Å². The van der Waals surface area contributed by atoms with Gasteiger partial charge in [-0.25, -0.2) is 0 Å². The molecule has 1 N–H and O–H groups in total. The summed E-state index contributed by atoms with van der Waals surface area (Å²) >= 11 is 3.35. The van der Waals surface area contributed by atoms with Gasteiger partial charge in [-0.1, -0.05) is 27.7 Å².